The van der Waals surface area contributed by atoms with E-state index in [0.717, 1.165) is 22.4 Å². The quantitative estimate of drug-likeness (QED) is 0.560. The van der Waals surface area contributed by atoms with Gasteiger partial charge in [-0.2, -0.15) is 0 Å². The average Bonchev–Trinajstić information content (AvgIpc) is 3.12. The van der Waals surface area contributed by atoms with Crippen LogP contribution in [0, 0.1) is 0 Å². The van der Waals surface area contributed by atoms with Crippen LogP contribution in [0.4, 0.5) is 5.69 Å². The molecule has 7 nitrogen and oxygen atoms in total. The second-order valence-corrected chi connectivity index (χ2v) is 8.71. The first-order valence-corrected chi connectivity index (χ1v) is 10.7. The van der Waals surface area contributed by atoms with E-state index in [1.807, 2.05) is 28.8 Å². The van der Waals surface area contributed by atoms with Crippen LogP contribution < -0.4 is 5.32 Å². The van der Waals surface area contributed by atoms with Gasteiger partial charge in [-0.25, -0.2) is 13.4 Å². The molecule has 0 radical (unpaired) electrons. The van der Waals surface area contributed by atoms with Gasteiger partial charge in [0.25, 0.3) is 0 Å². The van der Waals surface area contributed by atoms with Gasteiger partial charge in [-0.15, -0.1) is 0 Å². The Kier molecular flexibility index (Phi) is 4.63. The number of pyridine rings is 2. The van der Waals surface area contributed by atoms with Crippen LogP contribution in [0.5, 0.6) is 0 Å². The zero-order valence-corrected chi connectivity index (χ0v) is 16.6. The maximum Gasteiger partial charge on any atom is 0.221 e. The van der Waals surface area contributed by atoms with Crippen molar-refractivity contribution in [1.82, 2.24) is 14.4 Å². The van der Waals surface area contributed by atoms with E-state index < -0.39 is 9.84 Å². The highest BCUT2D eigenvalue weighted by atomic mass is 32.2. The fourth-order valence-electron chi connectivity index (χ4n) is 3.15. The highest BCUT2D eigenvalue weighted by Gasteiger charge is 2.14. The van der Waals surface area contributed by atoms with E-state index in [1.54, 1.807) is 42.9 Å². The van der Waals surface area contributed by atoms with Gasteiger partial charge in [0.2, 0.25) is 5.91 Å². The molecule has 0 aliphatic heterocycles. The van der Waals surface area contributed by atoms with E-state index in [0.29, 0.717) is 11.3 Å². The molecule has 29 heavy (non-hydrogen) atoms. The second kappa shape index (κ2) is 7.14. The number of imidazole rings is 1. The maximum absolute atomic E-state index is 11.7. The normalized spacial score (nSPS) is 11.5. The summed E-state index contributed by atoms with van der Waals surface area (Å²) < 4.78 is 25.3. The van der Waals surface area contributed by atoms with E-state index in [9.17, 15) is 13.2 Å². The lowest BCUT2D eigenvalue weighted by molar-refractivity contribution is -0.114. The van der Waals surface area contributed by atoms with E-state index in [4.69, 9.17) is 0 Å². The van der Waals surface area contributed by atoms with Crippen LogP contribution in [0.2, 0.25) is 0 Å². The van der Waals surface area contributed by atoms with Crippen LogP contribution in [0.25, 0.3) is 28.0 Å². The largest absolute Gasteiger partial charge is 0.323 e. The van der Waals surface area contributed by atoms with Gasteiger partial charge in [0.1, 0.15) is 0 Å². The van der Waals surface area contributed by atoms with Crippen molar-refractivity contribution < 1.29 is 13.2 Å². The summed E-state index contributed by atoms with van der Waals surface area (Å²) in [7, 11) is -3.27. The third-order valence-electron chi connectivity index (χ3n) is 4.49. The van der Waals surface area contributed by atoms with Crippen molar-refractivity contribution >= 4 is 27.1 Å². The Hall–Kier alpha value is -3.52. The smallest absolute Gasteiger partial charge is 0.221 e. The number of amides is 1. The molecule has 0 aliphatic carbocycles. The van der Waals surface area contributed by atoms with Gasteiger partial charge in [0.05, 0.1) is 22.5 Å². The zero-order chi connectivity index (χ0) is 20.6. The molecule has 4 aromatic rings. The van der Waals surface area contributed by atoms with Crippen LogP contribution in [0.15, 0.2) is 72.1 Å². The molecule has 3 aromatic heterocycles. The molecule has 0 atom stereocenters. The monoisotopic (exact) mass is 406 g/mol. The molecule has 3 heterocycles. The molecule has 8 heteroatoms. The number of nitrogens with one attached hydrogen (secondary N) is 1. The summed E-state index contributed by atoms with van der Waals surface area (Å²) in [5.41, 5.74) is 4.52. The number of nitrogens with zero attached hydrogens (tertiary/aromatic N) is 3. The molecular formula is C21H18N4O3S. The standard InChI is InChI=1S/C21H18N4O3S/c1-14(26)24-19-10-17(16-4-3-9-22-11-16)13-25-20(12-23-21(19)25)15-5-7-18(8-6-15)29(2,27)28/h3-13H,1-2H3,(H,24,26). The number of carbonyl (C=O) groups excluding carboxylic acids is 1. The minimum Gasteiger partial charge on any atom is -0.323 e. The Morgan fingerprint density at radius 3 is 2.41 bits per heavy atom. The molecule has 0 saturated heterocycles. The first-order chi connectivity index (χ1) is 13.8. The summed E-state index contributed by atoms with van der Waals surface area (Å²) in [6, 6.07) is 12.3. The molecule has 1 N–H and O–H groups in total. The fraction of sp³-hybridized carbons (Fsp3) is 0.0952. The summed E-state index contributed by atoms with van der Waals surface area (Å²) >= 11 is 0. The van der Waals surface area contributed by atoms with Crippen molar-refractivity contribution in [2.75, 3.05) is 11.6 Å². The number of hydrogen-bond acceptors (Lipinski definition) is 5. The van der Waals surface area contributed by atoms with Crippen molar-refractivity contribution in [1.29, 1.82) is 0 Å². The molecule has 0 saturated carbocycles. The lowest BCUT2D eigenvalue weighted by Crippen LogP contribution is -2.08. The molecule has 4 rings (SSSR count). The molecule has 146 valence electrons. The average molecular weight is 406 g/mol. The van der Waals surface area contributed by atoms with E-state index in [-0.39, 0.29) is 10.8 Å². The summed E-state index contributed by atoms with van der Waals surface area (Å²) in [5, 5.41) is 2.83. The molecule has 0 fully saturated rings. The fourth-order valence-corrected chi connectivity index (χ4v) is 3.78. The van der Waals surface area contributed by atoms with Crippen molar-refractivity contribution in [2.45, 2.75) is 11.8 Å². The lowest BCUT2D eigenvalue weighted by atomic mass is 10.1. The molecular weight excluding hydrogens is 388 g/mol. The third-order valence-corrected chi connectivity index (χ3v) is 5.62. The summed E-state index contributed by atoms with van der Waals surface area (Å²) in [6.45, 7) is 1.45. The van der Waals surface area contributed by atoms with Crippen molar-refractivity contribution in [3.63, 3.8) is 0 Å². The Morgan fingerprint density at radius 1 is 1.03 bits per heavy atom. The summed E-state index contributed by atoms with van der Waals surface area (Å²) in [6.07, 6.45) is 8.24. The number of aromatic nitrogens is 3. The molecule has 0 unspecified atom stereocenters. The number of fused-ring (bicyclic) bond motifs is 1. The van der Waals surface area contributed by atoms with Crippen LogP contribution in [-0.4, -0.2) is 34.9 Å². The van der Waals surface area contributed by atoms with Crippen molar-refractivity contribution in [2.24, 2.45) is 0 Å². The maximum atomic E-state index is 11.7. The predicted octanol–water partition coefficient (Wildman–Crippen LogP) is 3.43. The van der Waals surface area contributed by atoms with E-state index >= 15 is 0 Å². The first kappa shape index (κ1) is 18.8. The Labute approximate surface area is 168 Å². The highest BCUT2D eigenvalue weighted by Crippen LogP contribution is 2.30. The number of benzene rings is 1. The topological polar surface area (TPSA) is 93.4 Å². The van der Waals surface area contributed by atoms with Gasteiger partial charge in [0.15, 0.2) is 15.5 Å². The van der Waals surface area contributed by atoms with Crippen molar-refractivity contribution in [3.05, 3.63) is 67.3 Å². The highest BCUT2D eigenvalue weighted by molar-refractivity contribution is 7.90. The van der Waals surface area contributed by atoms with Gasteiger partial charge >= 0.3 is 0 Å². The number of anilines is 1. The first-order valence-electron chi connectivity index (χ1n) is 8.82. The van der Waals surface area contributed by atoms with Gasteiger partial charge in [0, 0.05) is 48.5 Å². The van der Waals surface area contributed by atoms with Crippen LogP contribution in [-0.2, 0) is 14.6 Å². The molecule has 1 amide bonds. The molecule has 1 aromatic carbocycles. The van der Waals surface area contributed by atoms with Gasteiger partial charge in [-0.3, -0.25) is 14.2 Å². The van der Waals surface area contributed by atoms with Crippen LogP contribution >= 0.6 is 0 Å². The summed E-state index contributed by atoms with van der Waals surface area (Å²) in [4.78, 5) is 20.6. The number of hydrogen-bond donors (Lipinski definition) is 1. The summed E-state index contributed by atoms with van der Waals surface area (Å²) in [5.74, 6) is -0.197. The minimum absolute atomic E-state index is 0.197. The molecule has 0 spiro atoms. The Bertz CT molecular complexity index is 1310. The molecule has 0 aliphatic rings. The number of rotatable bonds is 4. The Balaban J connectivity index is 1.91. The lowest BCUT2D eigenvalue weighted by Gasteiger charge is -2.11. The zero-order valence-electron chi connectivity index (χ0n) is 15.8. The number of sulfone groups is 1. The third kappa shape index (κ3) is 3.74. The van der Waals surface area contributed by atoms with Gasteiger partial charge < -0.3 is 5.32 Å². The van der Waals surface area contributed by atoms with Crippen LogP contribution in [0.3, 0.4) is 0 Å². The predicted molar refractivity (Wildman–Crippen MR) is 111 cm³/mol. The van der Waals surface area contributed by atoms with Gasteiger partial charge in [-0.05, 0) is 24.3 Å². The Morgan fingerprint density at radius 2 is 1.79 bits per heavy atom. The number of carbonyl (C=O) groups is 1. The van der Waals surface area contributed by atoms with E-state index in [2.05, 4.69) is 15.3 Å². The van der Waals surface area contributed by atoms with Crippen molar-refractivity contribution in [3.8, 4) is 22.4 Å². The van der Waals surface area contributed by atoms with Gasteiger partial charge in [-0.1, -0.05) is 18.2 Å². The molecule has 0 bridgehead atoms. The SMILES string of the molecule is CC(=O)Nc1cc(-c2cccnc2)cn2c(-c3ccc(S(C)(=O)=O)cc3)cnc12. The van der Waals surface area contributed by atoms with E-state index in [1.165, 1.54) is 13.2 Å². The second-order valence-electron chi connectivity index (χ2n) is 6.70. The minimum atomic E-state index is -3.27. The van der Waals surface area contributed by atoms with Crippen LogP contribution in [0.1, 0.15) is 6.92 Å².